The smallest absolute Gasteiger partial charge is 0.166 e. The number of rotatable bonds is 8. The van der Waals surface area contributed by atoms with Crippen molar-refractivity contribution in [3.63, 3.8) is 0 Å². The van der Waals surface area contributed by atoms with Crippen molar-refractivity contribution in [2.45, 2.75) is 19.7 Å². The van der Waals surface area contributed by atoms with Gasteiger partial charge in [-0.15, -0.1) is 12.4 Å². The Morgan fingerprint density at radius 2 is 1.69 bits per heavy atom. The number of methoxy groups -OCH3 is 1. The van der Waals surface area contributed by atoms with Gasteiger partial charge >= 0.3 is 0 Å². The van der Waals surface area contributed by atoms with Crippen LogP contribution in [-0.4, -0.2) is 12.1 Å². The molecular formula is C21H23ClN2O2. The molecule has 136 valence electrons. The van der Waals surface area contributed by atoms with E-state index >= 15 is 0 Å². The maximum atomic E-state index is 6.07. The summed E-state index contributed by atoms with van der Waals surface area (Å²) in [7, 11) is 1.66. The molecular weight excluding hydrogens is 348 g/mol. The number of hydrogen-bond donors (Lipinski definition) is 1. The van der Waals surface area contributed by atoms with Gasteiger partial charge < -0.3 is 14.8 Å². The zero-order valence-electron chi connectivity index (χ0n) is 14.7. The summed E-state index contributed by atoms with van der Waals surface area (Å²) in [5.41, 5.74) is 3.20. The first-order chi connectivity index (χ1) is 12.4. The first-order valence-electron chi connectivity index (χ1n) is 8.30. The predicted molar refractivity (Wildman–Crippen MR) is 106 cm³/mol. The van der Waals surface area contributed by atoms with Crippen LogP contribution >= 0.6 is 12.4 Å². The Morgan fingerprint density at radius 1 is 0.885 bits per heavy atom. The number of para-hydroxylation sites is 1. The molecule has 3 aromatic rings. The van der Waals surface area contributed by atoms with Gasteiger partial charge in [0.25, 0.3) is 0 Å². The number of nitrogens with one attached hydrogen (secondary N) is 1. The minimum Gasteiger partial charge on any atom is -0.493 e. The standard InChI is InChI=1S/C21H22N2O2.ClH/c1-24-20-12-7-10-18(14-22-15-19-11-5-6-13-23-19)21(20)25-16-17-8-3-2-4-9-17;/h2-13,22H,14-16H2,1H3;1H. The summed E-state index contributed by atoms with van der Waals surface area (Å²) < 4.78 is 11.5. The molecule has 0 aliphatic carbocycles. The average molecular weight is 371 g/mol. The molecule has 0 spiro atoms. The van der Waals surface area contributed by atoms with Crippen molar-refractivity contribution < 1.29 is 9.47 Å². The van der Waals surface area contributed by atoms with Crippen LogP contribution in [0.15, 0.2) is 72.9 Å². The molecule has 1 N–H and O–H groups in total. The van der Waals surface area contributed by atoms with Crippen LogP contribution in [0.2, 0.25) is 0 Å². The highest BCUT2D eigenvalue weighted by Gasteiger charge is 2.11. The summed E-state index contributed by atoms with van der Waals surface area (Å²) >= 11 is 0. The first kappa shape index (κ1) is 19.8. The maximum absolute atomic E-state index is 6.07. The van der Waals surface area contributed by atoms with Crippen LogP contribution < -0.4 is 14.8 Å². The van der Waals surface area contributed by atoms with E-state index in [4.69, 9.17) is 9.47 Å². The van der Waals surface area contributed by atoms with Crippen molar-refractivity contribution in [2.24, 2.45) is 0 Å². The molecule has 26 heavy (non-hydrogen) atoms. The third kappa shape index (κ3) is 5.48. The fourth-order valence-corrected chi connectivity index (χ4v) is 2.58. The third-order valence-electron chi connectivity index (χ3n) is 3.85. The quantitative estimate of drug-likeness (QED) is 0.639. The molecule has 0 saturated carbocycles. The molecule has 3 rings (SSSR count). The van der Waals surface area contributed by atoms with Crippen molar-refractivity contribution in [1.82, 2.24) is 10.3 Å². The largest absolute Gasteiger partial charge is 0.493 e. The molecule has 2 aromatic carbocycles. The van der Waals surface area contributed by atoms with Gasteiger partial charge in [0.2, 0.25) is 0 Å². The molecule has 1 aromatic heterocycles. The molecule has 0 aliphatic heterocycles. The Kier molecular flexibility index (Phi) is 7.93. The van der Waals surface area contributed by atoms with E-state index in [0.717, 1.165) is 28.3 Å². The Morgan fingerprint density at radius 3 is 2.42 bits per heavy atom. The fourth-order valence-electron chi connectivity index (χ4n) is 2.58. The van der Waals surface area contributed by atoms with Crippen molar-refractivity contribution in [3.05, 3.63) is 89.7 Å². The van der Waals surface area contributed by atoms with Gasteiger partial charge in [0.15, 0.2) is 11.5 Å². The minimum absolute atomic E-state index is 0. The summed E-state index contributed by atoms with van der Waals surface area (Å²) in [4.78, 5) is 4.32. The van der Waals surface area contributed by atoms with E-state index in [2.05, 4.69) is 22.4 Å². The lowest BCUT2D eigenvalue weighted by Crippen LogP contribution is -2.14. The van der Waals surface area contributed by atoms with Gasteiger partial charge in [-0.25, -0.2) is 0 Å². The summed E-state index contributed by atoms with van der Waals surface area (Å²) in [6.07, 6.45) is 1.80. The molecule has 1 heterocycles. The molecule has 0 aliphatic rings. The van der Waals surface area contributed by atoms with E-state index in [9.17, 15) is 0 Å². The van der Waals surface area contributed by atoms with Gasteiger partial charge in [-0.05, 0) is 23.8 Å². The second-order valence-corrected chi connectivity index (χ2v) is 5.65. The van der Waals surface area contributed by atoms with Gasteiger partial charge in [-0.3, -0.25) is 4.98 Å². The van der Waals surface area contributed by atoms with Gasteiger partial charge in [-0.1, -0.05) is 48.5 Å². The van der Waals surface area contributed by atoms with Gasteiger partial charge in [0.1, 0.15) is 6.61 Å². The van der Waals surface area contributed by atoms with Crippen LogP contribution in [0.3, 0.4) is 0 Å². The fraction of sp³-hybridized carbons (Fsp3) is 0.190. The van der Waals surface area contributed by atoms with Crippen molar-refractivity contribution in [3.8, 4) is 11.5 Å². The number of halogens is 1. The predicted octanol–water partition coefficient (Wildman–Crippen LogP) is 4.38. The van der Waals surface area contributed by atoms with Crippen molar-refractivity contribution >= 4 is 12.4 Å². The van der Waals surface area contributed by atoms with E-state index in [-0.39, 0.29) is 12.4 Å². The molecule has 0 bridgehead atoms. The zero-order valence-corrected chi connectivity index (χ0v) is 15.5. The Bertz CT molecular complexity index is 783. The minimum atomic E-state index is 0. The van der Waals surface area contributed by atoms with Crippen LogP contribution in [-0.2, 0) is 19.7 Å². The molecule has 0 atom stereocenters. The van der Waals surface area contributed by atoms with Gasteiger partial charge in [0, 0.05) is 24.8 Å². The zero-order chi connectivity index (χ0) is 17.3. The third-order valence-corrected chi connectivity index (χ3v) is 3.85. The van der Waals surface area contributed by atoms with Crippen molar-refractivity contribution in [1.29, 1.82) is 0 Å². The number of pyridine rings is 1. The normalized spacial score (nSPS) is 10.0. The monoisotopic (exact) mass is 370 g/mol. The van der Waals surface area contributed by atoms with E-state index in [0.29, 0.717) is 19.7 Å². The molecule has 0 unspecified atom stereocenters. The SMILES string of the molecule is COc1cccc(CNCc2ccccn2)c1OCc1ccccc1.Cl. The number of nitrogens with zero attached hydrogens (tertiary/aromatic N) is 1. The number of aromatic nitrogens is 1. The molecule has 0 saturated heterocycles. The highest BCUT2D eigenvalue weighted by atomic mass is 35.5. The van der Waals surface area contributed by atoms with Gasteiger partial charge in [0.05, 0.1) is 12.8 Å². The molecule has 0 radical (unpaired) electrons. The molecule has 0 amide bonds. The van der Waals surface area contributed by atoms with E-state index in [1.165, 1.54) is 0 Å². The van der Waals surface area contributed by atoms with Crippen LogP contribution in [0, 0.1) is 0 Å². The van der Waals surface area contributed by atoms with Gasteiger partial charge in [-0.2, -0.15) is 0 Å². The highest BCUT2D eigenvalue weighted by molar-refractivity contribution is 5.85. The highest BCUT2D eigenvalue weighted by Crippen LogP contribution is 2.31. The summed E-state index contributed by atoms with van der Waals surface area (Å²) in [6, 6.07) is 22.0. The number of ether oxygens (including phenoxy) is 2. The summed E-state index contributed by atoms with van der Waals surface area (Å²) in [5.74, 6) is 1.52. The van der Waals surface area contributed by atoms with E-state index in [1.807, 2.05) is 54.6 Å². The lowest BCUT2D eigenvalue weighted by molar-refractivity contribution is 0.280. The van der Waals surface area contributed by atoms with Crippen LogP contribution in [0.4, 0.5) is 0 Å². The second-order valence-electron chi connectivity index (χ2n) is 5.65. The molecule has 4 nitrogen and oxygen atoms in total. The lowest BCUT2D eigenvalue weighted by Gasteiger charge is -2.15. The summed E-state index contributed by atoms with van der Waals surface area (Å²) in [6.45, 7) is 1.89. The number of benzene rings is 2. The molecule has 5 heteroatoms. The Hall–Kier alpha value is -2.56. The average Bonchev–Trinajstić information content (AvgIpc) is 2.68. The van der Waals surface area contributed by atoms with Crippen LogP contribution in [0.5, 0.6) is 11.5 Å². The lowest BCUT2D eigenvalue weighted by atomic mass is 10.1. The van der Waals surface area contributed by atoms with E-state index < -0.39 is 0 Å². The Balaban J connectivity index is 0.00000243. The van der Waals surface area contributed by atoms with Crippen LogP contribution in [0.25, 0.3) is 0 Å². The summed E-state index contributed by atoms with van der Waals surface area (Å²) in [5, 5.41) is 3.41. The number of hydrogen-bond acceptors (Lipinski definition) is 4. The topological polar surface area (TPSA) is 43.4 Å². The Labute approximate surface area is 160 Å². The molecule has 0 fully saturated rings. The van der Waals surface area contributed by atoms with Crippen molar-refractivity contribution in [2.75, 3.05) is 7.11 Å². The van der Waals surface area contributed by atoms with Crippen LogP contribution in [0.1, 0.15) is 16.8 Å². The van der Waals surface area contributed by atoms with E-state index in [1.54, 1.807) is 13.3 Å². The second kappa shape index (κ2) is 10.4. The first-order valence-corrected chi connectivity index (χ1v) is 8.30. The maximum Gasteiger partial charge on any atom is 0.166 e.